The van der Waals surface area contributed by atoms with Crippen molar-refractivity contribution in [3.8, 4) is 0 Å². The maximum atomic E-state index is 2.43. The van der Waals surface area contributed by atoms with Gasteiger partial charge in [0.2, 0.25) is 0 Å². The van der Waals surface area contributed by atoms with Crippen LogP contribution in [0.2, 0.25) is 0 Å². The molecule has 0 bridgehead atoms. The number of unbranched alkanes of at least 4 members (excludes halogenated alkanes) is 18. The molecule has 0 heterocycles. The van der Waals surface area contributed by atoms with Crippen LogP contribution in [0.1, 0.15) is 162 Å². The smallest absolute Gasteiger partial charge is 0.0443 e. The highest BCUT2D eigenvalue weighted by atomic mass is 14.1. The lowest BCUT2D eigenvalue weighted by Gasteiger charge is -2.09. The van der Waals surface area contributed by atoms with Gasteiger partial charge in [0, 0.05) is 0 Å². The second kappa shape index (κ2) is 23.0. The van der Waals surface area contributed by atoms with Gasteiger partial charge in [-0.15, -0.1) is 0 Å². The van der Waals surface area contributed by atoms with Gasteiger partial charge in [-0.05, 0) is 5.92 Å². The van der Waals surface area contributed by atoms with Crippen LogP contribution < -0.4 is 0 Å². The van der Waals surface area contributed by atoms with E-state index in [-0.39, 0.29) is 0 Å². The largest absolute Gasteiger partial charge is 0.0654 e. The van der Waals surface area contributed by atoms with Crippen molar-refractivity contribution in [2.24, 2.45) is 5.92 Å². The van der Waals surface area contributed by atoms with Crippen LogP contribution in [0.5, 0.6) is 0 Å². The van der Waals surface area contributed by atoms with Crippen LogP contribution in [0.4, 0.5) is 0 Å². The van der Waals surface area contributed by atoms with E-state index in [2.05, 4.69) is 20.8 Å². The molecule has 0 aromatic rings. The quantitative estimate of drug-likeness (QED) is 0.167. The van der Waals surface area contributed by atoms with Crippen molar-refractivity contribution in [3.05, 3.63) is 0 Å². The Balaban J connectivity index is 3.01. The molecule has 0 N–H and O–H groups in total. The lowest BCUT2D eigenvalue weighted by atomic mass is 9.98. The van der Waals surface area contributed by atoms with E-state index in [1.165, 1.54) is 141 Å². The van der Waals surface area contributed by atoms with E-state index in [0.29, 0.717) is 0 Å². The van der Waals surface area contributed by atoms with E-state index < -0.39 is 0 Å². The Bertz CT molecular complexity index is 232. The molecular weight excluding hydrogens is 312 g/mol. The molecule has 0 aliphatic heterocycles. The summed E-state index contributed by atoms with van der Waals surface area (Å²) in [6.45, 7) is 7.04. The van der Waals surface area contributed by atoms with E-state index in [0.717, 1.165) is 5.92 Å². The second-order valence-corrected chi connectivity index (χ2v) is 9.05. The first-order valence-electron chi connectivity index (χ1n) is 12.8. The maximum absolute atomic E-state index is 2.43. The summed E-state index contributed by atoms with van der Waals surface area (Å²) in [6, 6.07) is 0. The molecule has 1 unspecified atom stereocenters. The van der Waals surface area contributed by atoms with Crippen LogP contribution in [-0.4, -0.2) is 0 Å². The summed E-state index contributed by atoms with van der Waals surface area (Å²) < 4.78 is 0. The van der Waals surface area contributed by atoms with E-state index in [4.69, 9.17) is 0 Å². The molecule has 0 amide bonds. The Labute approximate surface area is 168 Å². The Kier molecular flexibility index (Phi) is 23.0. The number of rotatable bonds is 22. The van der Waals surface area contributed by atoms with Crippen molar-refractivity contribution in [1.82, 2.24) is 0 Å². The molecule has 0 spiro atoms. The fourth-order valence-electron chi connectivity index (χ4n) is 4.21. The summed E-state index contributed by atoms with van der Waals surface area (Å²) in [5, 5.41) is 0. The minimum Gasteiger partial charge on any atom is -0.0654 e. The fraction of sp³-hybridized carbons (Fsp3) is 1.00. The number of hydrogen-bond acceptors (Lipinski definition) is 0. The van der Waals surface area contributed by atoms with Crippen LogP contribution in [0.25, 0.3) is 0 Å². The lowest BCUT2D eigenvalue weighted by Crippen LogP contribution is -1.93. The van der Waals surface area contributed by atoms with E-state index in [1.54, 1.807) is 0 Å². The first kappa shape index (κ1) is 26.0. The molecule has 0 rings (SSSR count). The van der Waals surface area contributed by atoms with Gasteiger partial charge < -0.3 is 0 Å². The molecule has 0 aliphatic carbocycles. The van der Waals surface area contributed by atoms with Crippen LogP contribution >= 0.6 is 0 Å². The van der Waals surface area contributed by atoms with E-state index in [1.807, 2.05) is 0 Å². The zero-order valence-electron chi connectivity index (χ0n) is 19.1. The topological polar surface area (TPSA) is 0 Å². The van der Waals surface area contributed by atoms with Crippen molar-refractivity contribution in [1.29, 1.82) is 0 Å². The predicted octanol–water partition coefficient (Wildman–Crippen LogP) is 10.2. The summed E-state index contributed by atoms with van der Waals surface area (Å²) in [4.78, 5) is 0. The molecule has 0 heteroatoms. The molecule has 0 fully saturated rings. The molecule has 0 saturated carbocycles. The van der Waals surface area contributed by atoms with E-state index in [9.17, 15) is 0 Å². The molecular formula is C26H54. The van der Waals surface area contributed by atoms with Gasteiger partial charge in [-0.3, -0.25) is 0 Å². The fourth-order valence-corrected chi connectivity index (χ4v) is 4.21. The van der Waals surface area contributed by atoms with Crippen LogP contribution in [0.3, 0.4) is 0 Å². The summed E-state index contributed by atoms with van der Waals surface area (Å²) in [6.07, 6.45) is 32.3. The van der Waals surface area contributed by atoms with Gasteiger partial charge in [-0.2, -0.15) is 0 Å². The van der Waals surface area contributed by atoms with Crippen molar-refractivity contribution < 1.29 is 0 Å². The predicted molar refractivity (Wildman–Crippen MR) is 122 cm³/mol. The molecule has 0 aromatic heterocycles. The third kappa shape index (κ3) is 22.0. The maximum Gasteiger partial charge on any atom is -0.0443 e. The highest BCUT2D eigenvalue weighted by Crippen LogP contribution is 2.17. The Hall–Kier alpha value is 0. The van der Waals surface area contributed by atoms with Gasteiger partial charge in [-0.25, -0.2) is 0 Å². The number of hydrogen-bond donors (Lipinski definition) is 0. The zero-order chi connectivity index (χ0) is 19.1. The first-order chi connectivity index (χ1) is 12.8. The second-order valence-electron chi connectivity index (χ2n) is 9.05. The molecule has 0 nitrogen and oxygen atoms in total. The third-order valence-corrected chi connectivity index (χ3v) is 6.08. The standard InChI is InChI=1S/C26H54/c1-4-6-7-8-9-10-11-12-13-14-15-16-17-18-19-20-21-22-23-25-26(3)24-5-2/h26H,4-25H2,1-3H3. The summed E-state index contributed by atoms with van der Waals surface area (Å²) >= 11 is 0. The highest BCUT2D eigenvalue weighted by Gasteiger charge is 2.00. The van der Waals surface area contributed by atoms with Gasteiger partial charge in [0.05, 0.1) is 0 Å². The van der Waals surface area contributed by atoms with Crippen LogP contribution in [0, 0.1) is 5.92 Å². The minimum atomic E-state index is 0.964. The SMILES string of the molecule is CCCCCCCCCCCCCCCCCCCCCC(C)CCC. The van der Waals surface area contributed by atoms with Gasteiger partial charge in [0.1, 0.15) is 0 Å². The average molecular weight is 367 g/mol. The van der Waals surface area contributed by atoms with Crippen LogP contribution in [0.15, 0.2) is 0 Å². The van der Waals surface area contributed by atoms with Crippen molar-refractivity contribution in [3.63, 3.8) is 0 Å². The molecule has 0 aromatic carbocycles. The molecule has 0 aliphatic rings. The van der Waals surface area contributed by atoms with E-state index >= 15 is 0 Å². The molecule has 0 saturated heterocycles. The highest BCUT2D eigenvalue weighted by molar-refractivity contribution is 4.54. The first-order valence-corrected chi connectivity index (χ1v) is 12.8. The normalized spacial score (nSPS) is 12.6. The molecule has 1 atom stereocenters. The molecule has 26 heavy (non-hydrogen) atoms. The lowest BCUT2D eigenvalue weighted by molar-refractivity contribution is 0.449. The van der Waals surface area contributed by atoms with Crippen molar-refractivity contribution in [2.45, 2.75) is 162 Å². The van der Waals surface area contributed by atoms with Gasteiger partial charge in [0.25, 0.3) is 0 Å². The monoisotopic (exact) mass is 366 g/mol. The zero-order valence-corrected chi connectivity index (χ0v) is 19.1. The van der Waals surface area contributed by atoms with Gasteiger partial charge in [-0.1, -0.05) is 162 Å². The Morgan fingerprint density at radius 3 is 0.962 bits per heavy atom. The third-order valence-electron chi connectivity index (χ3n) is 6.08. The summed E-state index contributed by atoms with van der Waals surface area (Å²) in [5.74, 6) is 0.964. The Morgan fingerprint density at radius 1 is 0.346 bits per heavy atom. The van der Waals surface area contributed by atoms with Crippen molar-refractivity contribution in [2.75, 3.05) is 0 Å². The van der Waals surface area contributed by atoms with Crippen molar-refractivity contribution >= 4 is 0 Å². The summed E-state index contributed by atoms with van der Waals surface area (Å²) in [7, 11) is 0. The molecule has 158 valence electrons. The molecule has 0 radical (unpaired) electrons. The average Bonchev–Trinajstić information content (AvgIpc) is 2.64. The minimum absolute atomic E-state index is 0.964. The van der Waals surface area contributed by atoms with Crippen LogP contribution in [-0.2, 0) is 0 Å². The van der Waals surface area contributed by atoms with Gasteiger partial charge >= 0.3 is 0 Å². The summed E-state index contributed by atoms with van der Waals surface area (Å²) in [5.41, 5.74) is 0. The Morgan fingerprint density at radius 2 is 0.654 bits per heavy atom. The van der Waals surface area contributed by atoms with Gasteiger partial charge in [0.15, 0.2) is 0 Å².